The molecule has 0 spiro atoms. The lowest BCUT2D eigenvalue weighted by atomic mass is 9.45. The summed E-state index contributed by atoms with van der Waals surface area (Å²) >= 11 is 0. The van der Waals surface area contributed by atoms with E-state index in [1.165, 1.54) is 64.2 Å². The van der Waals surface area contributed by atoms with Gasteiger partial charge in [0.2, 0.25) is 0 Å². The minimum absolute atomic E-state index is 0.303. The Balaban J connectivity index is 1.60. The first-order valence-electron chi connectivity index (χ1n) is 13.3. The van der Waals surface area contributed by atoms with Gasteiger partial charge in [-0.05, 0) is 112 Å². The molecule has 0 aromatic carbocycles. The van der Waals surface area contributed by atoms with E-state index in [0.29, 0.717) is 22.2 Å². The maximum absolute atomic E-state index is 11.4. The van der Waals surface area contributed by atoms with Crippen LogP contribution in [0.4, 0.5) is 0 Å². The maximum atomic E-state index is 11.4. The number of hydrogen-bond donors (Lipinski definition) is 1. The molecule has 3 rings (SSSR count). The first-order chi connectivity index (χ1) is 13.9. The lowest BCUT2D eigenvalue weighted by molar-refractivity contribution is -0.168. The highest BCUT2D eigenvalue weighted by Gasteiger charge is 2.57. The molecular formula is C29H52O. The number of allylic oxidation sites excluding steroid dienone is 2. The highest BCUT2D eigenvalue weighted by Crippen LogP contribution is 2.62. The second kappa shape index (κ2) is 8.92. The van der Waals surface area contributed by atoms with E-state index >= 15 is 0 Å². The zero-order valence-corrected chi connectivity index (χ0v) is 21.4. The van der Waals surface area contributed by atoms with Crippen molar-refractivity contribution in [1.29, 1.82) is 0 Å². The Bertz CT molecular complexity index is 610. The first-order valence-corrected chi connectivity index (χ1v) is 13.3. The second-order valence-corrected chi connectivity index (χ2v) is 13.4. The first kappa shape index (κ1) is 24.3. The summed E-state index contributed by atoms with van der Waals surface area (Å²) in [4.78, 5) is 0. The van der Waals surface area contributed by atoms with Crippen molar-refractivity contribution in [2.24, 2.45) is 34.0 Å². The third-order valence-corrected chi connectivity index (χ3v) is 10.3. The maximum Gasteiger partial charge on any atom is 0.0653 e. The predicted molar refractivity (Wildman–Crippen MR) is 131 cm³/mol. The van der Waals surface area contributed by atoms with Gasteiger partial charge in [-0.1, -0.05) is 65.5 Å². The van der Waals surface area contributed by atoms with Crippen molar-refractivity contribution in [3.05, 3.63) is 11.6 Å². The lowest BCUT2D eigenvalue weighted by Gasteiger charge is -2.61. The standard InChI is InChI=1S/C29H52O/c1-22(15-16-23-13-8-9-18-26(23,2)3)12-10-14-25-28(6)20-11-19-27(4,5)24(28)17-21-29(25,7)30/h12,23-25,30H,8-11,13-21H2,1-7H3/b22-12+/t23-,24-,25+,28-,29+/m0/s1. The van der Waals surface area contributed by atoms with Gasteiger partial charge >= 0.3 is 0 Å². The number of hydrogen-bond acceptors (Lipinski definition) is 1. The molecule has 0 saturated heterocycles. The molecule has 30 heavy (non-hydrogen) atoms. The Hall–Kier alpha value is -0.300. The molecule has 0 unspecified atom stereocenters. The van der Waals surface area contributed by atoms with Crippen LogP contribution in [0.3, 0.4) is 0 Å². The van der Waals surface area contributed by atoms with E-state index in [0.717, 1.165) is 31.1 Å². The van der Waals surface area contributed by atoms with Crippen LogP contribution in [0.25, 0.3) is 0 Å². The Morgan fingerprint density at radius 3 is 2.23 bits per heavy atom. The van der Waals surface area contributed by atoms with E-state index in [9.17, 15) is 5.11 Å². The van der Waals surface area contributed by atoms with E-state index in [4.69, 9.17) is 0 Å². The Morgan fingerprint density at radius 1 is 0.833 bits per heavy atom. The summed E-state index contributed by atoms with van der Waals surface area (Å²) in [6.45, 7) is 17.0. The minimum Gasteiger partial charge on any atom is -0.390 e. The van der Waals surface area contributed by atoms with E-state index in [-0.39, 0.29) is 0 Å². The van der Waals surface area contributed by atoms with Crippen LogP contribution in [-0.4, -0.2) is 10.7 Å². The van der Waals surface area contributed by atoms with Gasteiger partial charge in [-0.25, -0.2) is 0 Å². The average Bonchev–Trinajstić information content (AvgIpc) is 2.62. The third-order valence-electron chi connectivity index (χ3n) is 10.3. The molecule has 3 aliphatic rings. The van der Waals surface area contributed by atoms with Gasteiger partial charge in [-0.15, -0.1) is 0 Å². The van der Waals surface area contributed by atoms with E-state index in [1.54, 1.807) is 5.57 Å². The van der Waals surface area contributed by atoms with Crippen LogP contribution < -0.4 is 0 Å². The molecule has 1 nitrogen and oxygen atoms in total. The van der Waals surface area contributed by atoms with Crippen LogP contribution in [0.1, 0.15) is 132 Å². The van der Waals surface area contributed by atoms with Gasteiger partial charge in [0.1, 0.15) is 0 Å². The van der Waals surface area contributed by atoms with Crippen LogP contribution in [-0.2, 0) is 0 Å². The molecule has 1 N–H and O–H groups in total. The van der Waals surface area contributed by atoms with Crippen molar-refractivity contribution in [2.75, 3.05) is 0 Å². The molecule has 3 aliphatic carbocycles. The smallest absolute Gasteiger partial charge is 0.0653 e. The van der Waals surface area contributed by atoms with Gasteiger partial charge in [0, 0.05) is 0 Å². The fourth-order valence-electron chi connectivity index (χ4n) is 8.37. The topological polar surface area (TPSA) is 20.2 Å². The van der Waals surface area contributed by atoms with Gasteiger partial charge in [0.25, 0.3) is 0 Å². The van der Waals surface area contributed by atoms with Crippen molar-refractivity contribution in [2.45, 2.75) is 138 Å². The van der Waals surface area contributed by atoms with Crippen molar-refractivity contribution in [3.63, 3.8) is 0 Å². The largest absolute Gasteiger partial charge is 0.390 e. The predicted octanol–water partition coefficient (Wildman–Crippen LogP) is 8.70. The van der Waals surface area contributed by atoms with Gasteiger partial charge in [-0.2, -0.15) is 0 Å². The van der Waals surface area contributed by atoms with Gasteiger partial charge in [0.05, 0.1) is 5.60 Å². The quantitative estimate of drug-likeness (QED) is 0.429. The highest BCUT2D eigenvalue weighted by atomic mass is 16.3. The molecule has 1 heteroatoms. The molecule has 0 amide bonds. The zero-order valence-electron chi connectivity index (χ0n) is 21.4. The van der Waals surface area contributed by atoms with E-state index in [2.05, 4.69) is 54.5 Å². The summed E-state index contributed by atoms with van der Waals surface area (Å²) < 4.78 is 0. The van der Waals surface area contributed by atoms with Gasteiger partial charge < -0.3 is 5.11 Å². The van der Waals surface area contributed by atoms with Crippen LogP contribution in [0.2, 0.25) is 0 Å². The van der Waals surface area contributed by atoms with Crippen LogP contribution in [0.5, 0.6) is 0 Å². The van der Waals surface area contributed by atoms with Gasteiger partial charge in [0.15, 0.2) is 0 Å². The Kier molecular flexibility index (Phi) is 7.23. The molecule has 3 fully saturated rings. The van der Waals surface area contributed by atoms with Crippen LogP contribution in [0, 0.1) is 34.0 Å². The molecule has 0 aromatic heterocycles. The summed E-state index contributed by atoms with van der Waals surface area (Å²) in [5, 5.41) is 11.4. The summed E-state index contributed by atoms with van der Waals surface area (Å²) in [6, 6.07) is 0. The van der Waals surface area contributed by atoms with Crippen LogP contribution >= 0.6 is 0 Å². The summed E-state index contributed by atoms with van der Waals surface area (Å²) in [5.74, 6) is 2.10. The number of aliphatic hydroxyl groups is 1. The fraction of sp³-hybridized carbons (Fsp3) is 0.931. The van der Waals surface area contributed by atoms with E-state index in [1.807, 2.05) is 0 Å². The number of rotatable bonds is 6. The molecule has 0 radical (unpaired) electrons. The zero-order chi connectivity index (χ0) is 22.2. The highest BCUT2D eigenvalue weighted by molar-refractivity contribution is 5.08. The van der Waals surface area contributed by atoms with Crippen molar-refractivity contribution in [1.82, 2.24) is 0 Å². The summed E-state index contributed by atoms with van der Waals surface area (Å²) in [5.41, 5.74) is 2.36. The summed E-state index contributed by atoms with van der Waals surface area (Å²) in [7, 11) is 0. The van der Waals surface area contributed by atoms with Crippen molar-refractivity contribution < 1.29 is 5.11 Å². The van der Waals surface area contributed by atoms with E-state index < -0.39 is 5.60 Å². The fourth-order valence-corrected chi connectivity index (χ4v) is 8.37. The molecule has 0 bridgehead atoms. The number of fused-ring (bicyclic) bond motifs is 1. The minimum atomic E-state index is -0.494. The summed E-state index contributed by atoms with van der Waals surface area (Å²) in [6.07, 6.45) is 19.3. The molecule has 3 saturated carbocycles. The lowest BCUT2D eigenvalue weighted by Crippen LogP contribution is -2.57. The Labute approximate surface area is 188 Å². The van der Waals surface area contributed by atoms with Crippen molar-refractivity contribution >= 4 is 0 Å². The molecule has 0 aromatic rings. The molecule has 5 atom stereocenters. The Morgan fingerprint density at radius 2 is 1.53 bits per heavy atom. The van der Waals surface area contributed by atoms with Gasteiger partial charge in [-0.3, -0.25) is 0 Å². The second-order valence-electron chi connectivity index (χ2n) is 13.4. The van der Waals surface area contributed by atoms with Crippen molar-refractivity contribution in [3.8, 4) is 0 Å². The SMILES string of the molecule is C/C(=C\CC[C@@H]1[C@@]2(C)CCCC(C)(C)[C@@H]2CC[C@@]1(C)O)CC[C@@H]1CCCCC1(C)C. The van der Waals surface area contributed by atoms with Crippen LogP contribution in [0.15, 0.2) is 11.6 Å². The molecule has 0 aliphatic heterocycles. The molecule has 174 valence electrons. The monoisotopic (exact) mass is 416 g/mol. The molecular weight excluding hydrogens is 364 g/mol. The normalized spacial score (nSPS) is 41.3. The third kappa shape index (κ3) is 5.02. The molecule has 0 heterocycles. The average molecular weight is 417 g/mol.